The molecule has 0 fully saturated rings. The number of halogens is 1. The molecule has 3 heteroatoms. The summed E-state index contributed by atoms with van der Waals surface area (Å²) in [5.74, 6) is 0.0991. The highest BCUT2D eigenvalue weighted by Crippen LogP contribution is 2.12. The average Bonchev–Trinajstić information content (AvgIpc) is 2.39. The van der Waals surface area contributed by atoms with E-state index in [0.717, 1.165) is 6.42 Å². The van der Waals surface area contributed by atoms with Crippen LogP contribution in [0.2, 0.25) is 0 Å². The van der Waals surface area contributed by atoms with Crippen LogP contribution in [-0.4, -0.2) is 5.91 Å². The minimum Gasteiger partial charge on any atom is -0.293 e. The first-order valence-corrected chi connectivity index (χ1v) is 8.50. The Labute approximate surface area is 122 Å². The molecule has 1 N–H and O–H groups in total. The molecule has 1 amide bonds. The predicted octanol–water partition coefficient (Wildman–Crippen LogP) is 5.50. The number of nitrogens with one attached hydrogen (secondary N) is 1. The first kappa shape index (κ1) is 17.9. The molecule has 0 radical (unpaired) electrons. The van der Waals surface area contributed by atoms with E-state index in [2.05, 4.69) is 27.4 Å². The summed E-state index contributed by atoms with van der Waals surface area (Å²) in [6, 6.07) is 0. The van der Waals surface area contributed by atoms with E-state index >= 15 is 0 Å². The van der Waals surface area contributed by atoms with Gasteiger partial charge < -0.3 is 0 Å². The summed E-state index contributed by atoms with van der Waals surface area (Å²) in [6.45, 7) is 2.27. The minimum absolute atomic E-state index is 0.0991. The number of hydrogen-bond donors (Lipinski definition) is 1. The van der Waals surface area contributed by atoms with Crippen LogP contribution in [-0.2, 0) is 4.79 Å². The Hall–Kier alpha value is -0.0500. The fraction of sp³-hybridized carbons (Fsp3) is 0.933. The maximum Gasteiger partial charge on any atom is 0.229 e. The molecule has 108 valence electrons. The zero-order chi connectivity index (χ0) is 13.5. The fourth-order valence-electron chi connectivity index (χ4n) is 2.17. The number of hydrogen-bond acceptors (Lipinski definition) is 1. The van der Waals surface area contributed by atoms with E-state index in [1.54, 1.807) is 0 Å². The van der Waals surface area contributed by atoms with Crippen molar-refractivity contribution in [2.75, 3.05) is 0 Å². The quantitative estimate of drug-likeness (QED) is 0.352. The van der Waals surface area contributed by atoms with Gasteiger partial charge in [-0.05, 0) is 6.42 Å². The highest BCUT2D eigenvalue weighted by Gasteiger charge is 1.98. The van der Waals surface area contributed by atoms with E-state index in [0.29, 0.717) is 6.42 Å². The van der Waals surface area contributed by atoms with Crippen LogP contribution in [0.3, 0.4) is 0 Å². The summed E-state index contributed by atoms with van der Waals surface area (Å²) >= 11 is 2.95. The molecule has 0 heterocycles. The largest absolute Gasteiger partial charge is 0.293 e. The summed E-state index contributed by atoms with van der Waals surface area (Å²) in [6.07, 6.45) is 16.7. The van der Waals surface area contributed by atoms with Crippen LogP contribution in [0.15, 0.2) is 0 Å². The summed E-state index contributed by atoms with van der Waals surface area (Å²) < 4.78 is 2.48. The second-order valence-electron chi connectivity index (χ2n) is 5.16. The standard InChI is InChI=1S/C15H30BrNO/c1-2-3-4-5-6-7-8-9-10-11-12-13-14-15(18)17-16/h2-14H2,1H3,(H,17,18). The number of carbonyl (C=O) groups excluding carboxylic acids is 1. The third-order valence-electron chi connectivity index (χ3n) is 3.36. The van der Waals surface area contributed by atoms with E-state index in [-0.39, 0.29) is 5.91 Å². The van der Waals surface area contributed by atoms with Gasteiger partial charge in [-0.2, -0.15) is 0 Å². The Balaban J connectivity index is 2.97. The molecule has 0 aliphatic carbocycles. The van der Waals surface area contributed by atoms with Crippen molar-refractivity contribution in [3.63, 3.8) is 0 Å². The lowest BCUT2D eigenvalue weighted by Gasteiger charge is -2.02. The van der Waals surface area contributed by atoms with Gasteiger partial charge in [0.1, 0.15) is 0 Å². The number of rotatable bonds is 13. The van der Waals surface area contributed by atoms with Gasteiger partial charge in [-0.25, -0.2) is 0 Å². The van der Waals surface area contributed by atoms with Crippen LogP contribution >= 0.6 is 16.1 Å². The van der Waals surface area contributed by atoms with Crippen LogP contribution in [0.1, 0.15) is 90.4 Å². The maximum absolute atomic E-state index is 10.9. The van der Waals surface area contributed by atoms with Crippen LogP contribution in [0.25, 0.3) is 0 Å². The molecule has 18 heavy (non-hydrogen) atoms. The lowest BCUT2D eigenvalue weighted by molar-refractivity contribution is -0.119. The van der Waals surface area contributed by atoms with Gasteiger partial charge >= 0.3 is 0 Å². The fourth-order valence-corrected chi connectivity index (χ4v) is 2.37. The van der Waals surface area contributed by atoms with Gasteiger partial charge in [0.15, 0.2) is 0 Å². The molecular formula is C15H30BrNO. The first-order valence-electron chi connectivity index (χ1n) is 7.70. The third kappa shape index (κ3) is 14.0. The monoisotopic (exact) mass is 319 g/mol. The lowest BCUT2D eigenvalue weighted by atomic mass is 10.0. The molecular weight excluding hydrogens is 290 g/mol. The predicted molar refractivity (Wildman–Crippen MR) is 82.8 cm³/mol. The average molecular weight is 320 g/mol. The Morgan fingerprint density at radius 3 is 1.56 bits per heavy atom. The molecule has 0 aliphatic rings. The normalized spacial score (nSPS) is 10.6. The van der Waals surface area contributed by atoms with E-state index in [4.69, 9.17) is 0 Å². The first-order chi connectivity index (χ1) is 8.81. The molecule has 0 saturated carbocycles. The van der Waals surface area contributed by atoms with E-state index in [9.17, 15) is 4.79 Å². The molecule has 0 spiro atoms. The summed E-state index contributed by atoms with van der Waals surface area (Å²) in [4.78, 5) is 10.9. The van der Waals surface area contributed by atoms with E-state index in [1.165, 1.54) is 70.6 Å². The van der Waals surface area contributed by atoms with Crippen molar-refractivity contribution in [3.8, 4) is 0 Å². The molecule has 0 bridgehead atoms. The van der Waals surface area contributed by atoms with Crippen LogP contribution in [0, 0.1) is 0 Å². The van der Waals surface area contributed by atoms with E-state index < -0.39 is 0 Å². The molecule has 2 nitrogen and oxygen atoms in total. The zero-order valence-electron chi connectivity index (χ0n) is 12.0. The van der Waals surface area contributed by atoms with Gasteiger partial charge in [0.05, 0.1) is 0 Å². The minimum atomic E-state index is 0.0991. The van der Waals surface area contributed by atoms with Gasteiger partial charge in [-0.3, -0.25) is 9.14 Å². The van der Waals surface area contributed by atoms with Gasteiger partial charge in [-0.1, -0.05) is 77.6 Å². The van der Waals surface area contributed by atoms with Gasteiger partial charge in [0.2, 0.25) is 5.91 Å². The molecule has 0 rings (SSSR count). The molecule has 0 aromatic heterocycles. The second kappa shape index (κ2) is 15.0. The smallest absolute Gasteiger partial charge is 0.229 e. The molecule has 0 saturated heterocycles. The van der Waals surface area contributed by atoms with Gasteiger partial charge in [0, 0.05) is 22.6 Å². The Kier molecular flexibility index (Phi) is 15.0. The molecule has 0 unspecified atom stereocenters. The highest BCUT2D eigenvalue weighted by molar-refractivity contribution is 9.08. The molecule has 0 aromatic rings. The van der Waals surface area contributed by atoms with Crippen LogP contribution < -0.4 is 4.34 Å². The molecule has 0 aliphatic heterocycles. The topological polar surface area (TPSA) is 29.1 Å². The highest BCUT2D eigenvalue weighted by atomic mass is 79.9. The molecule has 0 aromatic carbocycles. The van der Waals surface area contributed by atoms with Crippen molar-refractivity contribution < 1.29 is 4.79 Å². The summed E-state index contributed by atoms with van der Waals surface area (Å²) in [7, 11) is 0. The Morgan fingerprint density at radius 2 is 1.17 bits per heavy atom. The van der Waals surface area contributed by atoms with Crippen molar-refractivity contribution in [2.45, 2.75) is 90.4 Å². The SMILES string of the molecule is CCCCCCCCCCCCCCC(=O)NBr. The lowest BCUT2D eigenvalue weighted by Crippen LogP contribution is -2.10. The zero-order valence-corrected chi connectivity index (χ0v) is 13.6. The number of unbranched alkanes of at least 4 members (excludes halogenated alkanes) is 11. The third-order valence-corrected chi connectivity index (χ3v) is 3.81. The van der Waals surface area contributed by atoms with Gasteiger partial charge in [0.25, 0.3) is 0 Å². The van der Waals surface area contributed by atoms with E-state index in [1.807, 2.05) is 0 Å². The van der Waals surface area contributed by atoms with Crippen LogP contribution in [0.5, 0.6) is 0 Å². The van der Waals surface area contributed by atoms with Gasteiger partial charge in [-0.15, -0.1) is 0 Å². The Morgan fingerprint density at radius 1 is 0.778 bits per heavy atom. The van der Waals surface area contributed by atoms with Crippen molar-refractivity contribution in [3.05, 3.63) is 0 Å². The van der Waals surface area contributed by atoms with Crippen molar-refractivity contribution in [2.24, 2.45) is 0 Å². The Bertz CT molecular complexity index is 185. The maximum atomic E-state index is 10.9. The van der Waals surface area contributed by atoms with Crippen molar-refractivity contribution in [1.82, 2.24) is 4.34 Å². The molecule has 0 atom stereocenters. The number of carbonyl (C=O) groups is 1. The number of amides is 1. The van der Waals surface area contributed by atoms with Crippen molar-refractivity contribution in [1.29, 1.82) is 0 Å². The summed E-state index contributed by atoms with van der Waals surface area (Å²) in [5, 5.41) is 0. The van der Waals surface area contributed by atoms with Crippen molar-refractivity contribution >= 4 is 22.1 Å². The second-order valence-corrected chi connectivity index (χ2v) is 5.55. The summed E-state index contributed by atoms with van der Waals surface area (Å²) in [5.41, 5.74) is 0. The van der Waals surface area contributed by atoms with Crippen LogP contribution in [0.4, 0.5) is 0 Å².